The number of hydrogen-bond donors (Lipinski definition) is 1. The Kier molecular flexibility index (Phi) is 5.01. The molecule has 5 nitrogen and oxygen atoms in total. The maximum Gasteiger partial charge on any atom is 0.180 e. The zero-order valence-electron chi connectivity index (χ0n) is 11.8. The van der Waals surface area contributed by atoms with Gasteiger partial charge in [0.2, 0.25) is 0 Å². The van der Waals surface area contributed by atoms with Crippen LogP contribution in [0.25, 0.3) is 0 Å². The fourth-order valence-electron chi connectivity index (χ4n) is 2.45. The average molecular weight is 299 g/mol. The Morgan fingerprint density at radius 3 is 2.90 bits per heavy atom. The maximum atomic E-state index is 12.5. The molecule has 0 bridgehead atoms. The normalized spacial score (nSPS) is 20.8. The van der Waals surface area contributed by atoms with Gasteiger partial charge in [-0.15, -0.1) is 0 Å². The zero-order valence-corrected chi connectivity index (χ0v) is 12.7. The minimum atomic E-state index is -3.34. The lowest BCUT2D eigenvalue weighted by Crippen LogP contribution is -2.40. The minimum Gasteiger partial charge on any atom is -0.497 e. The summed E-state index contributed by atoms with van der Waals surface area (Å²) >= 11 is 0. The fraction of sp³-hybridized carbons (Fsp3) is 0.571. The fourth-order valence-corrected chi connectivity index (χ4v) is 4.14. The van der Waals surface area contributed by atoms with Crippen molar-refractivity contribution in [2.45, 2.75) is 17.4 Å². The first-order valence-electron chi connectivity index (χ1n) is 6.68. The van der Waals surface area contributed by atoms with Gasteiger partial charge >= 0.3 is 0 Å². The third kappa shape index (κ3) is 3.50. The largest absolute Gasteiger partial charge is 0.497 e. The van der Waals surface area contributed by atoms with Gasteiger partial charge in [-0.3, -0.25) is 0 Å². The molecule has 0 spiro atoms. The molecule has 0 aromatic heterocycles. The van der Waals surface area contributed by atoms with Crippen LogP contribution in [0.5, 0.6) is 5.75 Å². The van der Waals surface area contributed by atoms with Crippen LogP contribution in [0, 0.1) is 5.92 Å². The van der Waals surface area contributed by atoms with Crippen molar-refractivity contribution in [1.82, 2.24) is 5.32 Å². The molecular weight excluding hydrogens is 278 g/mol. The van der Waals surface area contributed by atoms with Crippen LogP contribution in [0.3, 0.4) is 0 Å². The minimum absolute atomic E-state index is 0.0741. The summed E-state index contributed by atoms with van der Waals surface area (Å²) in [5.41, 5.74) is 0. The monoisotopic (exact) mass is 299 g/mol. The summed E-state index contributed by atoms with van der Waals surface area (Å²) < 4.78 is 35.4. The lowest BCUT2D eigenvalue weighted by Gasteiger charge is -2.21. The predicted molar refractivity (Wildman–Crippen MR) is 76.8 cm³/mol. The summed E-state index contributed by atoms with van der Waals surface area (Å²) in [5.74, 6) is 0.877. The molecule has 0 aliphatic carbocycles. The first kappa shape index (κ1) is 15.3. The number of ether oxygens (including phenoxy) is 2. The molecule has 0 saturated carbocycles. The predicted octanol–water partition coefficient (Wildman–Crippen LogP) is 1.09. The molecule has 1 saturated heterocycles. The number of nitrogens with one attached hydrogen (secondary N) is 1. The van der Waals surface area contributed by atoms with E-state index in [1.165, 1.54) is 7.11 Å². The molecule has 112 valence electrons. The van der Waals surface area contributed by atoms with E-state index in [9.17, 15) is 8.42 Å². The molecule has 1 N–H and O–H groups in total. The Labute approximate surface area is 120 Å². The molecule has 6 heteroatoms. The van der Waals surface area contributed by atoms with E-state index < -0.39 is 9.84 Å². The Morgan fingerprint density at radius 1 is 1.50 bits per heavy atom. The average Bonchev–Trinajstić information content (AvgIpc) is 2.99. The van der Waals surface area contributed by atoms with E-state index in [-0.39, 0.29) is 17.7 Å². The Balaban J connectivity index is 2.16. The highest BCUT2D eigenvalue weighted by atomic mass is 32.2. The lowest BCUT2D eigenvalue weighted by molar-refractivity contribution is 0.179. The van der Waals surface area contributed by atoms with Crippen molar-refractivity contribution >= 4 is 9.84 Å². The highest BCUT2D eigenvalue weighted by molar-refractivity contribution is 7.91. The molecule has 0 radical (unpaired) electrons. The molecule has 2 rings (SSSR count). The van der Waals surface area contributed by atoms with Crippen molar-refractivity contribution in [3.05, 3.63) is 24.3 Å². The number of sulfone groups is 1. The van der Waals surface area contributed by atoms with Gasteiger partial charge in [0.15, 0.2) is 9.84 Å². The van der Waals surface area contributed by atoms with Gasteiger partial charge in [0.1, 0.15) is 5.75 Å². The van der Waals surface area contributed by atoms with Crippen molar-refractivity contribution in [2.75, 3.05) is 33.1 Å². The van der Waals surface area contributed by atoms with Gasteiger partial charge in [-0.1, -0.05) is 6.07 Å². The zero-order chi connectivity index (χ0) is 14.6. The summed E-state index contributed by atoms with van der Waals surface area (Å²) in [6.45, 7) is 1.33. The summed E-state index contributed by atoms with van der Waals surface area (Å²) in [6.07, 6.45) is 0.902. The van der Waals surface area contributed by atoms with Gasteiger partial charge in [0.25, 0.3) is 0 Å². The second-order valence-electron chi connectivity index (χ2n) is 4.98. The van der Waals surface area contributed by atoms with Gasteiger partial charge in [0.05, 0.1) is 24.4 Å². The van der Waals surface area contributed by atoms with Gasteiger partial charge < -0.3 is 14.8 Å². The molecule has 20 heavy (non-hydrogen) atoms. The summed E-state index contributed by atoms with van der Waals surface area (Å²) in [5, 5.41) is 3.11. The summed E-state index contributed by atoms with van der Waals surface area (Å²) in [7, 11) is -0.0182. The van der Waals surface area contributed by atoms with Gasteiger partial charge in [0, 0.05) is 18.6 Å². The molecule has 1 aliphatic rings. The Bertz CT molecular complexity index is 538. The molecule has 0 amide bonds. The van der Waals surface area contributed by atoms with Crippen molar-refractivity contribution < 1.29 is 17.9 Å². The maximum absolute atomic E-state index is 12.5. The molecule has 1 heterocycles. The van der Waals surface area contributed by atoms with Crippen molar-refractivity contribution in [2.24, 2.45) is 5.92 Å². The van der Waals surface area contributed by atoms with Gasteiger partial charge in [-0.25, -0.2) is 8.42 Å². The number of benzene rings is 1. The molecular formula is C14H21NO4S. The molecule has 1 aromatic carbocycles. The van der Waals surface area contributed by atoms with E-state index in [0.717, 1.165) is 6.42 Å². The first-order valence-corrected chi connectivity index (χ1v) is 8.34. The van der Waals surface area contributed by atoms with Crippen LogP contribution in [-0.2, 0) is 14.6 Å². The molecule has 1 aliphatic heterocycles. The number of hydrogen-bond acceptors (Lipinski definition) is 5. The van der Waals surface area contributed by atoms with Crippen molar-refractivity contribution in [1.29, 1.82) is 0 Å². The molecule has 1 aromatic rings. The number of methoxy groups -OCH3 is 1. The third-order valence-electron chi connectivity index (χ3n) is 3.70. The van der Waals surface area contributed by atoms with Crippen LogP contribution in [0.15, 0.2) is 29.2 Å². The highest BCUT2D eigenvalue weighted by Crippen LogP contribution is 2.23. The summed E-state index contributed by atoms with van der Waals surface area (Å²) in [4.78, 5) is 0.302. The first-order chi connectivity index (χ1) is 9.56. The quantitative estimate of drug-likeness (QED) is 0.852. The SMILES string of the molecule is CNC(CS(=O)(=O)c1cccc(OC)c1)C1CCOC1. The van der Waals surface area contributed by atoms with Crippen molar-refractivity contribution in [3.63, 3.8) is 0 Å². The summed E-state index contributed by atoms with van der Waals surface area (Å²) in [6, 6.07) is 6.51. The van der Waals surface area contributed by atoms with Gasteiger partial charge in [-0.05, 0) is 31.7 Å². The van der Waals surface area contributed by atoms with E-state index in [2.05, 4.69) is 5.32 Å². The van der Waals surface area contributed by atoms with E-state index in [1.807, 2.05) is 0 Å². The van der Waals surface area contributed by atoms with E-state index in [0.29, 0.717) is 23.9 Å². The van der Waals surface area contributed by atoms with E-state index in [1.54, 1.807) is 31.3 Å². The highest BCUT2D eigenvalue weighted by Gasteiger charge is 2.29. The van der Waals surface area contributed by atoms with Crippen LogP contribution < -0.4 is 10.1 Å². The van der Waals surface area contributed by atoms with Crippen molar-refractivity contribution in [3.8, 4) is 5.75 Å². The molecule has 1 fully saturated rings. The van der Waals surface area contributed by atoms with Crippen LogP contribution in [0.1, 0.15) is 6.42 Å². The standard InChI is InChI=1S/C14H21NO4S/c1-15-14(11-6-7-19-9-11)10-20(16,17)13-5-3-4-12(8-13)18-2/h3-5,8,11,14-15H,6-7,9-10H2,1-2H3. The Morgan fingerprint density at radius 2 is 2.30 bits per heavy atom. The van der Waals surface area contributed by atoms with Gasteiger partial charge in [-0.2, -0.15) is 0 Å². The molecule has 2 unspecified atom stereocenters. The van der Waals surface area contributed by atoms with Crippen LogP contribution in [0.2, 0.25) is 0 Å². The Hall–Kier alpha value is -1.11. The van der Waals surface area contributed by atoms with Crippen LogP contribution in [-0.4, -0.2) is 47.6 Å². The third-order valence-corrected chi connectivity index (χ3v) is 5.47. The van der Waals surface area contributed by atoms with Crippen LogP contribution in [0.4, 0.5) is 0 Å². The smallest absolute Gasteiger partial charge is 0.180 e. The van der Waals surface area contributed by atoms with Crippen LogP contribution >= 0.6 is 0 Å². The second-order valence-corrected chi connectivity index (χ2v) is 7.01. The van der Waals surface area contributed by atoms with E-state index in [4.69, 9.17) is 9.47 Å². The van der Waals surface area contributed by atoms with E-state index >= 15 is 0 Å². The lowest BCUT2D eigenvalue weighted by atomic mass is 10.0. The second kappa shape index (κ2) is 6.56. The number of rotatable bonds is 6. The topological polar surface area (TPSA) is 64.6 Å². The molecule has 2 atom stereocenters.